The summed E-state index contributed by atoms with van der Waals surface area (Å²) < 4.78 is 1.05. The molecule has 1 fully saturated rings. The summed E-state index contributed by atoms with van der Waals surface area (Å²) in [6.45, 7) is 4.50. The van der Waals surface area contributed by atoms with E-state index in [2.05, 4.69) is 43.3 Å². The maximum atomic E-state index is 4.41. The first-order chi connectivity index (χ1) is 7.78. The van der Waals surface area contributed by atoms with Crippen molar-refractivity contribution >= 4 is 28.3 Å². The zero-order valence-corrected chi connectivity index (χ0v) is 12.4. The van der Waals surface area contributed by atoms with Crippen LogP contribution in [-0.4, -0.2) is 36.6 Å². The Kier molecular flexibility index (Phi) is 6.41. The minimum atomic E-state index is 0. The number of pyridine rings is 1. The molecule has 0 radical (unpaired) electrons. The van der Waals surface area contributed by atoms with E-state index in [-0.39, 0.29) is 12.4 Å². The van der Waals surface area contributed by atoms with E-state index >= 15 is 0 Å². The molecule has 1 unspecified atom stereocenters. The van der Waals surface area contributed by atoms with Gasteiger partial charge in [0.2, 0.25) is 0 Å². The highest BCUT2D eigenvalue weighted by atomic mass is 79.9. The first-order valence-corrected chi connectivity index (χ1v) is 6.54. The Morgan fingerprint density at radius 1 is 1.53 bits per heavy atom. The third kappa shape index (κ3) is 4.54. The first kappa shape index (κ1) is 14.9. The number of rotatable bonds is 4. The Bertz CT molecular complexity index is 331. The van der Waals surface area contributed by atoms with Gasteiger partial charge in [-0.25, -0.2) is 0 Å². The summed E-state index contributed by atoms with van der Waals surface area (Å²) in [5.74, 6) is 0.806. The average Bonchev–Trinajstić information content (AvgIpc) is 2.70. The molecular formula is C12H19BrClN3. The van der Waals surface area contributed by atoms with Crippen molar-refractivity contribution in [3.63, 3.8) is 0 Å². The van der Waals surface area contributed by atoms with Gasteiger partial charge in [-0.1, -0.05) is 0 Å². The lowest BCUT2D eigenvalue weighted by molar-refractivity contribution is 0.311. The molecule has 1 atom stereocenters. The van der Waals surface area contributed by atoms with E-state index in [0.29, 0.717) is 0 Å². The molecule has 1 saturated heterocycles. The van der Waals surface area contributed by atoms with Gasteiger partial charge in [0.15, 0.2) is 0 Å². The molecular weight excluding hydrogens is 302 g/mol. The van der Waals surface area contributed by atoms with Gasteiger partial charge in [0.25, 0.3) is 0 Å². The highest BCUT2D eigenvalue weighted by Crippen LogP contribution is 2.17. The topological polar surface area (TPSA) is 28.2 Å². The fraction of sp³-hybridized carbons (Fsp3) is 0.583. The van der Waals surface area contributed by atoms with Gasteiger partial charge in [-0.3, -0.25) is 9.88 Å². The van der Waals surface area contributed by atoms with Crippen LogP contribution in [0, 0.1) is 5.92 Å². The van der Waals surface area contributed by atoms with E-state index in [0.717, 1.165) is 29.2 Å². The summed E-state index contributed by atoms with van der Waals surface area (Å²) in [5, 5.41) is 3.25. The largest absolute Gasteiger partial charge is 0.319 e. The molecule has 1 aromatic rings. The van der Waals surface area contributed by atoms with Gasteiger partial charge >= 0.3 is 0 Å². The van der Waals surface area contributed by atoms with Crippen molar-refractivity contribution in [3.8, 4) is 0 Å². The molecule has 0 amide bonds. The third-order valence-corrected chi connectivity index (χ3v) is 3.51. The van der Waals surface area contributed by atoms with E-state index in [1.165, 1.54) is 19.5 Å². The average molecular weight is 321 g/mol. The molecule has 2 heterocycles. The number of hydrogen-bond donors (Lipinski definition) is 1. The standard InChI is InChI=1S/C12H18BrN3.ClH/c1-14-6-10-4-5-16(8-10)9-12-3-2-11(13)7-15-12;/h2-3,7,10,14H,4-6,8-9H2,1H3;1H. The highest BCUT2D eigenvalue weighted by molar-refractivity contribution is 9.10. The summed E-state index contributed by atoms with van der Waals surface area (Å²) in [6.07, 6.45) is 3.17. The number of halogens is 2. The van der Waals surface area contributed by atoms with Gasteiger partial charge in [0.1, 0.15) is 0 Å². The maximum Gasteiger partial charge on any atom is 0.0544 e. The SMILES string of the molecule is CNCC1CCN(Cc2ccc(Br)cn2)C1.Cl. The molecule has 1 aliphatic rings. The molecule has 3 nitrogen and oxygen atoms in total. The Morgan fingerprint density at radius 3 is 3.00 bits per heavy atom. The van der Waals surface area contributed by atoms with Crippen LogP contribution in [0.25, 0.3) is 0 Å². The number of likely N-dealkylation sites (tertiary alicyclic amines) is 1. The second-order valence-corrected chi connectivity index (χ2v) is 5.33. The molecule has 0 bridgehead atoms. The van der Waals surface area contributed by atoms with E-state index in [4.69, 9.17) is 0 Å². The Labute approximate surface area is 118 Å². The van der Waals surface area contributed by atoms with E-state index in [9.17, 15) is 0 Å². The minimum Gasteiger partial charge on any atom is -0.319 e. The fourth-order valence-corrected chi connectivity index (χ4v) is 2.48. The van der Waals surface area contributed by atoms with Crippen LogP contribution in [0.5, 0.6) is 0 Å². The normalized spacial score (nSPS) is 20.2. The predicted molar refractivity (Wildman–Crippen MR) is 76.5 cm³/mol. The van der Waals surface area contributed by atoms with Crippen molar-refractivity contribution in [2.24, 2.45) is 5.92 Å². The van der Waals surface area contributed by atoms with Crippen LogP contribution in [-0.2, 0) is 6.54 Å². The first-order valence-electron chi connectivity index (χ1n) is 5.75. The number of nitrogens with zero attached hydrogens (tertiary/aromatic N) is 2. The predicted octanol–water partition coefficient (Wildman–Crippen LogP) is 2.31. The second kappa shape index (κ2) is 7.31. The molecule has 5 heteroatoms. The smallest absolute Gasteiger partial charge is 0.0544 e. The van der Waals surface area contributed by atoms with Crippen LogP contribution in [0.15, 0.2) is 22.8 Å². The van der Waals surface area contributed by atoms with Crippen LogP contribution in [0.3, 0.4) is 0 Å². The van der Waals surface area contributed by atoms with Crippen molar-refractivity contribution in [2.45, 2.75) is 13.0 Å². The molecule has 0 aliphatic carbocycles. The Morgan fingerprint density at radius 2 is 2.35 bits per heavy atom. The summed E-state index contributed by atoms with van der Waals surface area (Å²) in [4.78, 5) is 6.89. The van der Waals surface area contributed by atoms with Crippen molar-refractivity contribution in [2.75, 3.05) is 26.7 Å². The van der Waals surface area contributed by atoms with Crippen LogP contribution in [0.2, 0.25) is 0 Å². The second-order valence-electron chi connectivity index (χ2n) is 4.42. The van der Waals surface area contributed by atoms with Gasteiger partial charge in [0.05, 0.1) is 5.69 Å². The number of hydrogen-bond acceptors (Lipinski definition) is 3. The van der Waals surface area contributed by atoms with Crippen molar-refractivity contribution in [1.29, 1.82) is 0 Å². The van der Waals surface area contributed by atoms with Gasteiger partial charge in [0, 0.05) is 23.8 Å². The molecule has 0 spiro atoms. The monoisotopic (exact) mass is 319 g/mol. The summed E-state index contributed by atoms with van der Waals surface area (Å²) in [6, 6.07) is 4.15. The van der Waals surface area contributed by atoms with Crippen LogP contribution in [0.4, 0.5) is 0 Å². The van der Waals surface area contributed by atoms with Crippen LogP contribution in [0.1, 0.15) is 12.1 Å². The van der Waals surface area contributed by atoms with Gasteiger partial charge < -0.3 is 5.32 Å². The molecule has 0 saturated carbocycles. The van der Waals surface area contributed by atoms with Crippen LogP contribution >= 0.6 is 28.3 Å². The zero-order valence-electron chi connectivity index (χ0n) is 10.0. The van der Waals surface area contributed by atoms with Gasteiger partial charge in [-0.05, 0) is 60.5 Å². The lowest BCUT2D eigenvalue weighted by atomic mass is 10.1. The lowest BCUT2D eigenvalue weighted by Crippen LogP contribution is -2.24. The van der Waals surface area contributed by atoms with Crippen molar-refractivity contribution in [3.05, 3.63) is 28.5 Å². The quantitative estimate of drug-likeness (QED) is 0.923. The van der Waals surface area contributed by atoms with E-state index < -0.39 is 0 Å². The zero-order chi connectivity index (χ0) is 11.4. The minimum absolute atomic E-state index is 0. The fourth-order valence-electron chi connectivity index (χ4n) is 2.24. The van der Waals surface area contributed by atoms with Crippen molar-refractivity contribution in [1.82, 2.24) is 15.2 Å². The summed E-state index contributed by atoms with van der Waals surface area (Å²) >= 11 is 3.40. The molecule has 96 valence electrons. The van der Waals surface area contributed by atoms with Crippen molar-refractivity contribution < 1.29 is 0 Å². The number of aromatic nitrogens is 1. The van der Waals surface area contributed by atoms with E-state index in [1.54, 1.807) is 0 Å². The maximum absolute atomic E-state index is 4.41. The molecule has 1 N–H and O–H groups in total. The Hall–Kier alpha value is -0.160. The third-order valence-electron chi connectivity index (χ3n) is 3.04. The lowest BCUT2D eigenvalue weighted by Gasteiger charge is -2.15. The molecule has 17 heavy (non-hydrogen) atoms. The van der Waals surface area contributed by atoms with Crippen LogP contribution < -0.4 is 5.32 Å². The summed E-state index contributed by atoms with van der Waals surface area (Å²) in [7, 11) is 2.03. The molecule has 1 aliphatic heterocycles. The Balaban J connectivity index is 0.00000144. The molecule has 0 aromatic carbocycles. The van der Waals surface area contributed by atoms with E-state index in [1.807, 2.05) is 13.2 Å². The highest BCUT2D eigenvalue weighted by Gasteiger charge is 2.21. The number of nitrogens with one attached hydrogen (secondary N) is 1. The van der Waals surface area contributed by atoms with Gasteiger partial charge in [-0.2, -0.15) is 0 Å². The molecule has 1 aromatic heterocycles. The molecule has 2 rings (SSSR count). The summed E-state index contributed by atoms with van der Waals surface area (Å²) in [5.41, 5.74) is 1.16. The van der Waals surface area contributed by atoms with Gasteiger partial charge in [-0.15, -0.1) is 12.4 Å².